The molecule has 1 aromatic heterocycles. The van der Waals surface area contributed by atoms with E-state index in [0.29, 0.717) is 23.0 Å². The number of aliphatic carboxylic acids is 1. The maximum Gasteiger partial charge on any atom is 0.328 e. The fraction of sp³-hybridized carbons (Fsp3) is 0.480. The summed E-state index contributed by atoms with van der Waals surface area (Å²) in [6.07, 6.45) is 11.5. The smallest absolute Gasteiger partial charge is 0.328 e. The van der Waals surface area contributed by atoms with Crippen LogP contribution in [0, 0.1) is 24.7 Å². The number of benzene rings is 1. The van der Waals surface area contributed by atoms with Gasteiger partial charge in [-0.1, -0.05) is 0 Å². The second-order valence-corrected chi connectivity index (χ2v) is 9.71. The number of rotatable bonds is 5. The van der Waals surface area contributed by atoms with Gasteiger partial charge in [0.2, 0.25) is 5.88 Å². The number of carboxylic acid groups (broad SMARTS) is 1. The highest BCUT2D eigenvalue weighted by molar-refractivity contribution is 5.85. The van der Waals surface area contributed by atoms with Gasteiger partial charge in [-0.2, -0.15) is 0 Å². The van der Waals surface area contributed by atoms with Gasteiger partial charge in [0.25, 0.3) is 0 Å². The Hall–Kier alpha value is -2.89. The molecule has 6 nitrogen and oxygen atoms in total. The quantitative estimate of drug-likeness (QED) is 0.679. The minimum atomic E-state index is -1.04. The summed E-state index contributed by atoms with van der Waals surface area (Å²) in [5, 5.41) is 19.8. The molecule has 162 valence electrons. The number of phenolic OH excluding ortho intramolecular Hbond substituents is 1. The van der Waals surface area contributed by atoms with Gasteiger partial charge in [0.15, 0.2) is 0 Å². The lowest BCUT2D eigenvalue weighted by Crippen LogP contribution is -2.48. The van der Waals surface area contributed by atoms with Crippen molar-refractivity contribution in [1.82, 2.24) is 9.97 Å². The van der Waals surface area contributed by atoms with Crippen LogP contribution in [0.25, 0.3) is 17.3 Å². The van der Waals surface area contributed by atoms with Crippen molar-refractivity contribution < 1.29 is 19.7 Å². The number of hydrogen-bond acceptors (Lipinski definition) is 5. The van der Waals surface area contributed by atoms with Gasteiger partial charge in [0, 0.05) is 17.2 Å². The zero-order valence-corrected chi connectivity index (χ0v) is 18.0. The Kier molecular flexibility index (Phi) is 4.76. The van der Waals surface area contributed by atoms with Crippen LogP contribution in [-0.4, -0.2) is 33.3 Å². The van der Waals surface area contributed by atoms with E-state index < -0.39 is 5.97 Å². The van der Waals surface area contributed by atoms with Gasteiger partial charge in [0.1, 0.15) is 11.4 Å². The summed E-state index contributed by atoms with van der Waals surface area (Å²) in [4.78, 5) is 19.8. The first kappa shape index (κ1) is 20.0. The third-order valence-corrected chi connectivity index (χ3v) is 7.56. The van der Waals surface area contributed by atoms with Crippen LogP contribution < -0.4 is 4.74 Å². The van der Waals surface area contributed by atoms with Crippen LogP contribution in [0.5, 0.6) is 11.6 Å². The predicted molar refractivity (Wildman–Crippen MR) is 117 cm³/mol. The van der Waals surface area contributed by atoms with E-state index >= 15 is 0 Å². The molecule has 4 bridgehead atoms. The molecule has 6 heteroatoms. The minimum absolute atomic E-state index is 0.0616. The third kappa shape index (κ3) is 3.48. The van der Waals surface area contributed by atoms with Crippen LogP contribution in [0.1, 0.15) is 55.3 Å². The van der Waals surface area contributed by atoms with Crippen LogP contribution >= 0.6 is 0 Å². The Morgan fingerprint density at radius 1 is 1.16 bits per heavy atom. The molecular weight excluding hydrogens is 392 g/mol. The van der Waals surface area contributed by atoms with E-state index in [1.807, 2.05) is 13.0 Å². The number of aryl methyl sites for hydroxylation is 1. The summed E-state index contributed by atoms with van der Waals surface area (Å²) in [5.74, 6) is 2.04. The van der Waals surface area contributed by atoms with Crippen molar-refractivity contribution in [2.24, 2.45) is 17.8 Å². The molecule has 4 saturated carbocycles. The SMILES string of the molecule is COc1nc(/C=C/C(=O)O)cnc1-c1cc(C23CC4CC(CC(C4)C2)C3)c(O)cc1C. The van der Waals surface area contributed by atoms with E-state index in [2.05, 4.69) is 16.0 Å². The molecule has 0 amide bonds. The highest BCUT2D eigenvalue weighted by atomic mass is 16.5. The van der Waals surface area contributed by atoms with Crippen molar-refractivity contribution in [2.45, 2.75) is 50.9 Å². The molecule has 4 fully saturated rings. The molecule has 2 N–H and O–H groups in total. The number of phenols is 1. The molecular formula is C25H28N2O4. The maximum atomic E-state index is 11.0. The standard InChI is InChI=1S/C25H28N2O4/c1-14-5-21(28)20(25-10-15-6-16(11-25)8-17(7-15)12-25)9-19(14)23-24(31-2)27-18(13-26-23)3-4-22(29)30/h3-5,9,13,15-17,28H,6-8,10-12H2,1-2H3,(H,29,30)/b4-3+. The Labute approximate surface area is 182 Å². The van der Waals surface area contributed by atoms with Gasteiger partial charge in [0.05, 0.1) is 19.0 Å². The van der Waals surface area contributed by atoms with Crippen molar-refractivity contribution in [3.63, 3.8) is 0 Å². The fourth-order valence-corrected chi connectivity index (χ4v) is 6.76. The molecule has 0 saturated heterocycles. The Morgan fingerprint density at radius 3 is 2.39 bits per heavy atom. The number of methoxy groups -OCH3 is 1. The van der Waals surface area contributed by atoms with Crippen molar-refractivity contribution in [3.8, 4) is 22.9 Å². The summed E-state index contributed by atoms with van der Waals surface area (Å²) >= 11 is 0. The van der Waals surface area contributed by atoms with Crippen molar-refractivity contribution in [1.29, 1.82) is 0 Å². The summed E-state index contributed by atoms with van der Waals surface area (Å²) in [5.41, 5.74) is 3.95. The normalized spacial score (nSPS) is 28.9. The van der Waals surface area contributed by atoms with Crippen LogP contribution in [0.15, 0.2) is 24.4 Å². The second-order valence-electron chi connectivity index (χ2n) is 9.71. The van der Waals surface area contributed by atoms with Gasteiger partial charge >= 0.3 is 5.97 Å². The van der Waals surface area contributed by atoms with E-state index in [1.165, 1.54) is 32.4 Å². The molecule has 6 rings (SSSR count). The van der Waals surface area contributed by atoms with Crippen LogP contribution in [0.2, 0.25) is 0 Å². The molecule has 0 unspecified atom stereocenters. The lowest BCUT2D eigenvalue weighted by Gasteiger charge is -2.57. The molecule has 31 heavy (non-hydrogen) atoms. The van der Waals surface area contributed by atoms with E-state index in [0.717, 1.165) is 59.8 Å². The minimum Gasteiger partial charge on any atom is -0.508 e. The van der Waals surface area contributed by atoms with Gasteiger partial charge in [-0.05, 0) is 92.4 Å². The molecule has 0 aliphatic heterocycles. The zero-order chi connectivity index (χ0) is 21.8. The van der Waals surface area contributed by atoms with Gasteiger partial charge < -0.3 is 14.9 Å². The zero-order valence-electron chi connectivity index (χ0n) is 18.0. The first-order valence-corrected chi connectivity index (χ1v) is 11.0. The van der Waals surface area contributed by atoms with Crippen molar-refractivity contribution >= 4 is 12.0 Å². The average Bonchev–Trinajstić information content (AvgIpc) is 2.71. The van der Waals surface area contributed by atoms with E-state index in [-0.39, 0.29) is 5.41 Å². The van der Waals surface area contributed by atoms with Crippen molar-refractivity contribution in [2.75, 3.05) is 7.11 Å². The monoisotopic (exact) mass is 420 g/mol. The first-order valence-electron chi connectivity index (χ1n) is 11.0. The van der Waals surface area contributed by atoms with E-state index in [1.54, 1.807) is 6.20 Å². The molecule has 4 aliphatic carbocycles. The average molecular weight is 421 g/mol. The molecule has 1 aromatic carbocycles. The Balaban J connectivity index is 1.58. The van der Waals surface area contributed by atoms with Crippen LogP contribution in [0.3, 0.4) is 0 Å². The number of aromatic nitrogens is 2. The largest absolute Gasteiger partial charge is 0.508 e. The molecule has 0 radical (unpaired) electrons. The van der Waals surface area contributed by atoms with Gasteiger partial charge in [-0.15, -0.1) is 0 Å². The van der Waals surface area contributed by atoms with Gasteiger partial charge in [-0.25, -0.2) is 14.8 Å². The summed E-state index contributed by atoms with van der Waals surface area (Å²) in [6, 6.07) is 3.96. The third-order valence-electron chi connectivity index (χ3n) is 7.56. The number of carboxylic acids is 1. The first-order chi connectivity index (χ1) is 14.9. The van der Waals surface area contributed by atoms with Crippen LogP contribution in [-0.2, 0) is 10.2 Å². The number of nitrogens with zero attached hydrogens (tertiary/aromatic N) is 2. The molecule has 0 atom stereocenters. The highest BCUT2D eigenvalue weighted by Crippen LogP contribution is 2.62. The Morgan fingerprint density at radius 2 is 1.81 bits per heavy atom. The van der Waals surface area contributed by atoms with Gasteiger partial charge in [-0.3, -0.25) is 0 Å². The summed E-state index contributed by atoms with van der Waals surface area (Å²) < 4.78 is 5.50. The number of ether oxygens (including phenoxy) is 1. The molecule has 4 aliphatic rings. The van der Waals surface area contributed by atoms with Crippen LogP contribution in [0.4, 0.5) is 0 Å². The van der Waals surface area contributed by atoms with E-state index in [4.69, 9.17) is 9.84 Å². The summed E-state index contributed by atoms with van der Waals surface area (Å²) in [6.45, 7) is 1.96. The maximum absolute atomic E-state index is 11.0. The second kappa shape index (κ2) is 7.36. The summed E-state index contributed by atoms with van der Waals surface area (Å²) in [7, 11) is 1.54. The van der Waals surface area contributed by atoms with Crippen molar-refractivity contribution in [3.05, 3.63) is 41.2 Å². The number of hydrogen-bond donors (Lipinski definition) is 2. The number of carbonyl (C=O) groups is 1. The lowest BCUT2D eigenvalue weighted by atomic mass is 9.48. The Bertz CT molecular complexity index is 1040. The predicted octanol–water partition coefficient (Wildman–Crippen LogP) is 4.73. The topological polar surface area (TPSA) is 92.5 Å². The lowest BCUT2D eigenvalue weighted by molar-refractivity contribution is -0.131. The number of aromatic hydroxyl groups is 1. The molecule has 2 aromatic rings. The molecule has 1 heterocycles. The highest BCUT2D eigenvalue weighted by Gasteiger charge is 2.52. The molecule has 0 spiro atoms. The van der Waals surface area contributed by atoms with E-state index in [9.17, 15) is 9.90 Å². The fourth-order valence-electron chi connectivity index (χ4n) is 6.76.